The molecule has 0 saturated heterocycles. The summed E-state index contributed by atoms with van der Waals surface area (Å²) in [7, 11) is 0. The molecule has 381 valence electrons. The summed E-state index contributed by atoms with van der Waals surface area (Å²) in [4.78, 5) is 53.7. The molecular weight excluding hydrogens is 1010 g/mol. The standard InChI is InChI=1S/C72H42N6O3.B/c79-70-61-19-7-10-22-64(61)76-34-31-46-37-43(25-28-58(46)67(76)73-70)52-13-1-4-16-55(52)49-40-50(56-17-5-2-14-53(56)44-26-29-59-47(38-44)32-35-77-65-23-11-8-20-62(65)71(80)74-68(59)77)42-51(41-49)57-18-6-3-15-54(57)45-27-30-60-48(39-45)33-36-78-66-24-12-9-21-63(66)72(81)75-69(60)78;/h1-42H;. The second-order valence-corrected chi connectivity index (χ2v) is 20.7. The third-order valence-corrected chi connectivity index (χ3v) is 16.2. The highest BCUT2D eigenvalue weighted by Crippen LogP contribution is 2.44. The van der Waals surface area contributed by atoms with Crippen LogP contribution >= 0.6 is 0 Å². The van der Waals surface area contributed by atoms with E-state index in [4.69, 9.17) is 0 Å². The fourth-order valence-corrected chi connectivity index (χ4v) is 12.3. The second kappa shape index (κ2) is 18.8. The van der Waals surface area contributed by atoms with Gasteiger partial charge in [-0.05, 0) is 174 Å². The van der Waals surface area contributed by atoms with Gasteiger partial charge in [-0.3, -0.25) is 14.4 Å². The van der Waals surface area contributed by atoms with Crippen LogP contribution in [0, 0.1) is 0 Å². The molecule has 16 aromatic rings. The highest BCUT2D eigenvalue weighted by atomic mass is 16.1. The molecule has 0 spiro atoms. The summed E-state index contributed by atoms with van der Waals surface area (Å²) in [6.45, 7) is 0. The number of fused-ring (bicyclic) bond motifs is 15. The lowest BCUT2D eigenvalue weighted by Crippen LogP contribution is -2.10. The van der Waals surface area contributed by atoms with Crippen LogP contribution in [0.5, 0.6) is 0 Å². The molecule has 0 atom stereocenters. The fraction of sp³-hybridized carbons (Fsp3) is 0. The van der Waals surface area contributed by atoms with Crippen molar-refractivity contribution < 1.29 is 0 Å². The Balaban J connectivity index is 0.00000576. The van der Waals surface area contributed by atoms with Crippen molar-refractivity contribution >= 4 is 90.4 Å². The van der Waals surface area contributed by atoms with Gasteiger partial charge in [0.25, 0.3) is 16.7 Å². The van der Waals surface area contributed by atoms with Gasteiger partial charge in [0.15, 0.2) is 0 Å². The van der Waals surface area contributed by atoms with Gasteiger partial charge in [-0.1, -0.05) is 146 Å². The van der Waals surface area contributed by atoms with Crippen LogP contribution in [0.3, 0.4) is 0 Å². The summed E-state index contributed by atoms with van der Waals surface area (Å²) in [5.74, 6) is 0. The van der Waals surface area contributed by atoms with Crippen molar-refractivity contribution in [3.63, 3.8) is 0 Å². The minimum Gasteiger partial charge on any atom is -0.300 e. The van der Waals surface area contributed by atoms with Gasteiger partial charge in [0.1, 0.15) is 16.9 Å². The number of hydrogen-bond acceptors (Lipinski definition) is 6. The predicted molar refractivity (Wildman–Crippen MR) is 335 cm³/mol. The molecule has 10 heteroatoms. The first kappa shape index (κ1) is 48.1. The van der Waals surface area contributed by atoms with Crippen LogP contribution in [0.2, 0.25) is 0 Å². The molecule has 0 amide bonds. The molecule has 0 aliphatic rings. The van der Waals surface area contributed by atoms with Gasteiger partial charge in [-0.25, -0.2) is 0 Å². The van der Waals surface area contributed by atoms with Gasteiger partial charge >= 0.3 is 0 Å². The molecule has 0 N–H and O–H groups in total. The monoisotopic (exact) mass is 1050 g/mol. The van der Waals surface area contributed by atoms with Crippen molar-refractivity contribution in [3.05, 3.63) is 286 Å². The summed E-state index contributed by atoms with van der Waals surface area (Å²) in [5.41, 5.74) is 16.1. The van der Waals surface area contributed by atoms with Crippen LogP contribution in [-0.2, 0) is 0 Å². The normalized spacial score (nSPS) is 11.7. The van der Waals surface area contributed by atoms with E-state index in [2.05, 4.69) is 179 Å². The van der Waals surface area contributed by atoms with Gasteiger partial charge < -0.3 is 13.2 Å². The van der Waals surface area contributed by atoms with Crippen LogP contribution in [0.1, 0.15) is 0 Å². The lowest BCUT2D eigenvalue weighted by Gasteiger charge is -2.18. The first-order valence-electron chi connectivity index (χ1n) is 26.8. The Morgan fingerprint density at radius 1 is 0.244 bits per heavy atom. The van der Waals surface area contributed by atoms with Crippen molar-refractivity contribution in [1.82, 2.24) is 28.2 Å². The minimum atomic E-state index is -0.247. The van der Waals surface area contributed by atoms with Gasteiger partial charge in [0.2, 0.25) is 0 Å². The van der Waals surface area contributed by atoms with Crippen molar-refractivity contribution in [3.8, 4) is 66.8 Å². The number of rotatable bonds is 6. The maximum atomic E-state index is 13.3. The molecule has 9 nitrogen and oxygen atoms in total. The van der Waals surface area contributed by atoms with Crippen LogP contribution in [0.15, 0.2) is 270 Å². The maximum Gasteiger partial charge on any atom is 0.281 e. The first-order chi connectivity index (χ1) is 39.9. The largest absolute Gasteiger partial charge is 0.300 e. The summed E-state index contributed by atoms with van der Waals surface area (Å²) in [5, 5.41) is 7.34. The zero-order chi connectivity index (χ0) is 53.9. The Morgan fingerprint density at radius 3 is 0.793 bits per heavy atom. The van der Waals surface area contributed by atoms with E-state index >= 15 is 0 Å². The van der Waals surface area contributed by atoms with Gasteiger partial charge in [0.05, 0.1) is 32.7 Å². The molecule has 16 rings (SSSR count). The Hall–Kier alpha value is -11.1. The highest BCUT2D eigenvalue weighted by Gasteiger charge is 2.19. The average molecular weight is 1050 g/mol. The minimum absolute atomic E-state index is 0. The van der Waals surface area contributed by atoms with E-state index in [-0.39, 0.29) is 25.1 Å². The van der Waals surface area contributed by atoms with E-state index in [0.29, 0.717) is 33.1 Å². The van der Waals surface area contributed by atoms with Crippen molar-refractivity contribution in [2.45, 2.75) is 0 Å². The Morgan fingerprint density at radius 2 is 0.500 bits per heavy atom. The number of para-hydroxylation sites is 3. The van der Waals surface area contributed by atoms with Crippen LogP contribution in [-0.4, -0.2) is 36.6 Å². The summed E-state index contributed by atoms with van der Waals surface area (Å²) in [6.07, 6.45) is 6.01. The summed E-state index contributed by atoms with van der Waals surface area (Å²) in [6, 6.07) is 80.9. The van der Waals surface area contributed by atoms with Crippen LogP contribution < -0.4 is 16.7 Å². The maximum absolute atomic E-state index is 13.3. The third kappa shape index (κ3) is 7.57. The van der Waals surface area contributed by atoms with E-state index in [9.17, 15) is 14.4 Å². The molecule has 0 saturated carbocycles. The Kier molecular flexibility index (Phi) is 11.0. The fourth-order valence-electron chi connectivity index (χ4n) is 12.3. The van der Waals surface area contributed by atoms with Gasteiger partial charge in [0, 0.05) is 43.2 Å². The molecule has 0 bridgehead atoms. The van der Waals surface area contributed by atoms with E-state index in [0.717, 1.165) is 116 Å². The molecule has 6 heterocycles. The van der Waals surface area contributed by atoms with Crippen LogP contribution in [0.4, 0.5) is 0 Å². The number of nitrogens with zero attached hydrogens (tertiary/aromatic N) is 6. The van der Waals surface area contributed by atoms with E-state index in [1.54, 1.807) is 0 Å². The molecular formula is C72H42BN6O3. The number of hydrogen-bond donors (Lipinski definition) is 0. The van der Waals surface area contributed by atoms with Crippen molar-refractivity contribution in [1.29, 1.82) is 0 Å². The Bertz CT molecular complexity index is 5030. The average Bonchev–Trinajstić information content (AvgIpc) is 3.35. The quantitative estimate of drug-likeness (QED) is 0.121. The molecule has 0 aliphatic carbocycles. The SMILES string of the molecule is O=c1nc2c3ccc(-c4ccccc4-c4cc(-c5ccccc5-c5ccc6c(ccn7c8ccccc8c(=O)nc67)c5)cc(-c5ccccc5-c5ccc6c(ccn7c8ccccc8c(=O)nc67)c5)c4)cc3ccn2c2ccccc12.[B]. The van der Waals surface area contributed by atoms with Crippen molar-refractivity contribution in [2.75, 3.05) is 0 Å². The zero-order valence-electron chi connectivity index (χ0n) is 43.7. The van der Waals surface area contributed by atoms with Crippen LogP contribution in [0.25, 0.3) is 149 Å². The van der Waals surface area contributed by atoms with E-state index in [1.165, 1.54) is 0 Å². The molecule has 82 heavy (non-hydrogen) atoms. The molecule has 0 fully saturated rings. The third-order valence-electron chi connectivity index (χ3n) is 16.2. The summed E-state index contributed by atoms with van der Waals surface area (Å²) >= 11 is 0. The number of aromatic nitrogens is 6. The Labute approximate surface area is 469 Å². The highest BCUT2D eigenvalue weighted by molar-refractivity contribution is 6.04. The molecule has 3 radical (unpaired) electrons. The first-order valence-corrected chi connectivity index (χ1v) is 26.8. The predicted octanol–water partition coefficient (Wildman–Crippen LogP) is 15.3. The summed E-state index contributed by atoms with van der Waals surface area (Å²) < 4.78 is 5.99. The van der Waals surface area contributed by atoms with Crippen molar-refractivity contribution in [2.24, 2.45) is 0 Å². The van der Waals surface area contributed by atoms with E-state index in [1.807, 2.05) is 105 Å². The van der Waals surface area contributed by atoms with E-state index < -0.39 is 0 Å². The zero-order valence-corrected chi connectivity index (χ0v) is 43.7. The second-order valence-electron chi connectivity index (χ2n) is 20.7. The molecule has 10 aromatic carbocycles. The number of pyridine rings is 3. The number of benzene rings is 10. The lowest BCUT2D eigenvalue weighted by molar-refractivity contribution is 1.15. The molecule has 0 unspecified atom stereocenters. The van der Waals surface area contributed by atoms with Gasteiger partial charge in [-0.15, -0.1) is 0 Å². The lowest BCUT2D eigenvalue weighted by atomic mass is 9.86. The van der Waals surface area contributed by atoms with Gasteiger partial charge in [-0.2, -0.15) is 15.0 Å². The molecule has 0 aliphatic heterocycles. The molecule has 6 aromatic heterocycles. The smallest absolute Gasteiger partial charge is 0.281 e. The topological polar surface area (TPSA) is 103 Å².